The Labute approximate surface area is 227 Å². The van der Waals surface area contributed by atoms with Crippen molar-refractivity contribution >= 4 is 23.5 Å². The summed E-state index contributed by atoms with van der Waals surface area (Å²) in [6, 6.07) is 17.2. The van der Waals surface area contributed by atoms with Crippen LogP contribution < -0.4 is 16.4 Å². The molecule has 1 aromatic heterocycles. The number of nitrogens with two attached hydrogens (primary N) is 1. The van der Waals surface area contributed by atoms with Gasteiger partial charge in [-0.15, -0.1) is 0 Å². The fraction of sp³-hybridized carbons (Fsp3) is 0.310. The van der Waals surface area contributed by atoms with Gasteiger partial charge in [-0.05, 0) is 25.0 Å². The normalized spacial score (nSPS) is 14.6. The molecule has 1 aliphatic heterocycles. The molecule has 0 aliphatic carbocycles. The molecular formula is C29H34N6O4. The number of hydrogen-bond donors (Lipinski definition) is 3. The number of rotatable bonds is 11. The van der Waals surface area contributed by atoms with E-state index in [1.54, 1.807) is 29.5 Å². The van der Waals surface area contributed by atoms with Gasteiger partial charge in [0.2, 0.25) is 5.91 Å². The molecule has 0 fully saturated rings. The largest absolute Gasteiger partial charge is 0.374 e. The van der Waals surface area contributed by atoms with E-state index in [0.717, 1.165) is 11.1 Å². The number of amides is 3. The molecule has 10 nitrogen and oxygen atoms in total. The average molecular weight is 531 g/mol. The Balaban J connectivity index is 1.48. The molecule has 0 saturated carbocycles. The topological polar surface area (TPSA) is 132 Å². The zero-order valence-corrected chi connectivity index (χ0v) is 22.1. The van der Waals surface area contributed by atoms with Gasteiger partial charge in [0.05, 0.1) is 25.1 Å². The lowest BCUT2D eigenvalue weighted by atomic mass is 10.1. The van der Waals surface area contributed by atoms with Crippen LogP contribution in [0.15, 0.2) is 85.3 Å². The maximum atomic E-state index is 13.4. The zero-order valence-electron chi connectivity index (χ0n) is 22.1. The van der Waals surface area contributed by atoms with Crippen LogP contribution in [0.25, 0.3) is 0 Å². The molecule has 1 aliphatic rings. The Kier molecular flexibility index (Phi) is 8.90. The average Bonchev–Trinajstić information content (AvgIpc) is 3.62. The van der Waals surface area contributed by atoms with Crippen LogP contribution in [0.4, 0.5) is 5.82 Å². The van der Waals surface area contributed by atoms with Gasteiger partial charge in [-0.2, -0.15) is 0 Å². The molecule has 10 heteroatoms. The molecule has 0 saturated heterocycles. The molecule has 204 valence electrons. The number of aromatic nitrogens is 2. The fourth-order valence-electron chi connectivity index (χ4n) is 4.06. The minimum Gasteiger partial charge on any atom is -0.374 e. The van der Waals surface area contributed by atoms with Gasteiger partial charge in [0.25, 0.3) is 11.8 Å². The zero-order chi connectivity index (χ0) is 27.8. The number of hydrogen-bond acceptors (Lipinski definition) is 6. The van der Waals surface area contributed by atoms with Gasteiger partial charge in [0.15, 0.2) is 5.82 Å². The van der Waals surface area contributed by atoms with Gasteiger partial charge in [0, 0.05) is 19.3 Å². The lowest BCUT2D eigenvalue weighted by molar-refractivity contribution is -0.132. The molecule has 4 rings (SSSR count). The van der Waals surface area contributed by atoms with Crippen LogP contribution in [-0.4, -0.2) is 63.4 Å². The molecule has 2 unspecified atom stereocenters. The third kappa shape index (κ3) is 7.40. The summed E-state index contributed by atoms with van der Waals surface area (Å²) in [5.74, 6) is -0.851. The smallest absolute Gasteiger partial charge is 0.250 e. The molecule has 39 heavy (non-hydrogen) atoms. The predicted octanol–water partition coefficient (Wildman–Crippen LogP) is 2.25. The standard InChI is InChI=1S/C29H34N6O4/c1-29(2,30)28(38)32-23(19-39-18-21-11-5-3-6-12-21)26(36)33-24-17-35(20-31-24)25(22-13-7-4-8-14-22)27(37)34-15-9-10-16-34/h3-14,17,20,23,25H,15-16,18-19,30H2,1-2H3,(H,32,38)(H,33,36). The van der Waals surface area contributed by atoms with Crippen LogP contribution in [0.5, 0.6) is 0 Å². The highest BCUT2D eigenvalue weighted by Crippen LogP contribution is 2.23. The van der Waals surface area contributed by atoms with E-state index in [2.05, 4.69) is 15.6 Å². The van der Waals surface area contributed by atoms with Crippen molar-refractivity contribution in [1.82, 2.24) is 19.8 Å². The molecule has 0 bridgehead atoms. The van der Waals surface area contributed by atoms with Gasteiger partial charge in [-0.1, -0.05) is 72.8 Å². The number of benzene rings is 2. The van der Waals surface area contributed by atoms with E-state index in [1.807, 2.05) is 72.8 Å². The van der Waals surface area contributed by atoms with Crippen LogP contribution in [0.1, 0.15) is 31.0 Å². The van der Waals surface area contributed by atoms with Crippen LogP contribution in [-0.2, 0) is 25.7 Å². The maximum Gasteiger partial charge on any atom is 0.250 e. The summed E-state index contributed by atoms with van der Waals surface area (Å²) in [6.07, 6.45) is 7.03. The molecule has 4 N–H and O–H groups in total. The van der Waals surface area contributed by atoms with Gasteiger partial charge in [-0.3, -0.25) is 14.4 Å². The first-order chi connectivity index (χ1) is 18.7. The first kappa shape index (κ1) is 27.7. The molecule has 2 atom stereocenters. The van der Waals surface area contributed by atoms with E-state index >= 15 is 0 Å². The predicted molar refractivity (Wildman–Crippen MR) is 147 cm³/mol. The number of nitrogens with one attached hydrogen (secondary N) is 2. The molecule has 2 aromatic carbocycles. The van der Waals surface area contributed by atoms with Crippen LogP contribution >= 0.6 is 0 Å². The van der Waals surface area contributed by atoms with E-state index in [9.17, 15) is 14.4 Å². The van der Waals surface area contributed by atoms with E-state index in [4.69, 9.17) is 10.5 Å². The van der Waals surface area contributed by atoms with Crippen molar-refractivity contribution in [3.63, 3.8) is 0 Å². The SMILES string of the molecule is CC(C)(N)C(=O)NC(COCc1ccccc1)C(=O)Nc1cn(C(C(=O)N2CC=CC2)c2ccccc2)cn1. The monoisotopic (exact) mass is 530 g/mol. The van der Waals surface area contributed by atoms with Crippen molar-refractivity contribution in [3.05, 3.63) is 96.5 Å². The highest BCUT2D eigenvalue weighted by molar-refractivity contribution is 5.98. The highest BCUT2D eigenvalue weighted by atomic mass is 16.5. The summed E-state index contributed by atoms with van der Waals surface area (Å²) in [7, 11) is 0. The maximum absolute atomic E-state index is 13.4. The minimum absolute atomic E-state index is 0.0731. The van der Waals surface area contributed by atoms with E-state index in [-0.39, 0.29) is 24.9 Å². The van der Waals surface area contributed by atoms with Crippen molar-refractivity contribution in [2.75, 3.05) is 25.0 Å². The van der Waals surface area contributed by atoms with Gasteiger partial charge in [-0.25, -0.2) is 4.98 Å². The number of anilines is 1. The van der Waals surface area contributed by atoms with E-state index < -0.39 is 29.4 Å². The number of ether oxygens (including phenoxy) is 1. The van der Waals surface area contributed by atoms with Crippen LogP contribution in [0.2, 0.25) is 0 Å². The molecule has 3 amide bonds. The summed E-state index contributed by atoms with van der Waals surface area (Å²) < 4.78 is 7.42. The quantitative estimate of drug-likeness (QED) is 0.326. The fourth-order valence-corrected chi connectivity index (χ4v) is 4.06. The minimum atomic E-state index is -1.19. The number of nitrogens with zero attached hydrogens (tertiary/aromatic N) is 3. The summed E-state index contributed by atoms with van der Waals surface area (Å²) >= 11 is 0. The second-order valence-corrected chi connectivity index (χ2v) is 9.97. The van der Waals surface area contributed by atoms with Crippen molar-refractivity contribution in [2.24, 2.45) is 5.73 Å². The number of carbonyl (C=O) groups is 3. The Morgan fingerprint density at radius 1 is 1.03 bits per heavy atom. The molecular weight excluding hydrogens is 496 g/mol. The van der Waals surface area contributed by atoms with Gasteiger partial charge in [0.1, 0.15) is 12.1 Å². The van der Waals surface area contributed by atoms with Crippen LogP contribution in [0.3, 0.4) is 0 Å². The Bertz CT molecular complexity index is 1290. The molecule has 0 radical (unpaired) electrons. The van der Waals surface area contributed by atoms with Crippen molar-refractivity contribution in [3.8, 4) is 0 Å². The van der Waals surface area contributed by atoms with E-state index in [0.29, 0.717) is 13.1 Å². The van der Waals surface area contributed by atoms with Crippen LogP contribution in [0, 0.1) is 0 Å². The van der Waals surface area contributed by atoms with Crippen molar-refractivity contribution in [1.29, 1.82) is 0 Å². The first-order valence-corrected chi connectivity index (χ1v) is 12.8. The highest BCUT2D eigenvalue weighted by Gasteiger charge is 2.30. The number of imidazole rings is 1. The van der Waals surface area contributed by atoms with Crippen molar-refractivity contribution < 1.29 is 19.1 Å². The first-order valence-electron chi connectivity index (χ1n) is 12.8. The Morgan fingerprint density at radius 2 is 1.67 bits per heavy atom. The Hall–Kier alpha value is -4.28. The molecule has 3 aromatic rings. The summed E-state index contributed by atoms with van der Waals surface area (Å²) in [6.45, 7) is 4.40. The van der Waals surface area contributed by atoms with Gasteiger partial charge >= 0.3 is 0 Å². The van der Waals surface area contributed by atoms with E-state index in [1.165, 1.54) is 6.33 Å². The lowest BCUT2D eigenvalue weighted by Crippen LogP contribution is -2.56. The number of carbonyl (C=O) groups excluding carboxylic acids is 3. The summed E-state index contributed by atoms with van der Waals surface area (Å²) in [5.41, 5.74) is 6.48. The molecule has 2 heterocycles. The summed E-state index contributed by atoms with van der Waals surface area (Å²) in [4.78, 5) is 45.3. The lowest BCUT2D eigenvalue weighted by Gasteiger charge is -2.24. The van der Waals surface area contributed by atoms with Gasteiger partial charge < -0.3 is 30.6 Å². The second kappa shape index (κ2) is 12.5. The second-order valence-electron chi connectivity index (χ2n) is 9.97. The van der Waals surface area contributed by atoms with Crippen molar-refractivity contribution in [2.45, 2.75) is 38.1 Å². The Morgan fingerprint density at radius 3 is 2.31 bits per heavy atom. The molecule has 0 spiro atoms. The summed E-state index contributed by atoms with van der Waals surface area (Å²) in [5, 5.41) is 5.41. The third-order valence-corrected chi connectivity index (χ3v) is 6.23. The third-order valence-electron chi connectivity index (χ3n) is 6.23.